The molecule has 2 N–H and O–H groups in total. The van der Waals surface area contributed by atoms with Crippen LogP contribution < -0.4 is 10.2 Å². The van der Waals surface area contributed by atoms with Crippen LogP contribution in [0, 0.1) is 6.92 Å². The maximum atomic E-state index is 5.68. The predicted octanol–water partition coefficient (Wildman–Crippen LogP) is 4.41. The van der Waals surface area contributed by atoms with Crippen LogP contribution in [0.2, 0.25) is 0 Å². The zero-order valence-electron chi connectivity index (χ0n) is 16.2. The van der Waals surface area contributed by atoms with Crippen LogP contribution in [0.25, 0.3) is 11.4 Å². The molecule has 0 spiro atoms. The topological polar surface area (TPSA) is 109 Å². The molecule has 30 heavy (non-hydrogen) atoms. The lowest BCUT2D eigenvalue weighted by Crippen LogP contribution is -2.24. The number of hydrogen-bond donors (Lipinski definition) is 2. The Morgan fingerprint density at radius 3 is 2.90 bits per heavy atom. The molecular weight excluding hydrogens is 448 g/mol. The third-order valence-corrected chi connectivity index (χ3v) is 5.35. The van der Waals surface area contributed by atoms with Crippen LogP contribution in [-0.4, -0.2) is 36.9 Å². The molecule has 1 unspecified atom stereocenters. The summed E-state index contributed by atoms with van der Waals surface area (Å²) < 4.78 is 6.38. The standard InChI is InChI=1S/C20H19BrN8O/c1-12-9-19(27-26-12)24-18-11-17(21)23-20(25-18)29-8-4-6-15(29)16-10-14(28-30-16)13-5-2-3-7-22-13/h2-3,5,7,9-11,15H,4,6,8H2,1H3,(H2,23,24,25,26,27). The zero-order chi connectivity index (χ0) is 20.5. The average Bonchev–Trinajstić information content (AvgIpc) is 3.48. The molecule has 0 radical (unpaired) electrons. The average molecular weight is 467 g/mol. The van der Waals surface area contributed by atoms with Crippen molar-refractivity contribution in [1.82, 2.24) is 30.3 Å². The molecular formula is C20H19BrN8O. The van der Waals surface area contributed by atoms with E-state index in [-0.39, 0.29) is 6.04 Å². The quantitative estimate of drug-likeness (QED) is 0.416. The number of nitrogens with zero attached hydrogens (tertiary/aromatic N) is 6. The van der Waals surface area contributed by atoms with E-state index in [0.29, 0.717) is 22.2 Å². The van der Waals surface area contributed by atoms with Gasteiger partial charge in [-0.2, -0.15) is 10.1 Å². The molecule has 0 aromatic carbocycles. The first-order valence-electron chi connectivity index (χ1n) is 9.64. The maximum Gasteiger partial charge on any atom is 0.229 e. The first kappa shape index (κ1) is 18.7. The SMILES string of the molecule is Cc1cc(Nc2cc(Br)nc(N3CCCC3c3cc(-c4ccccn4)no3)n2)n[nH]1. The van der Waals surface area contributed by atoms with Crippen LogP contribution in [0.3, 0.4) is 0 Å². The number of pyridine rings is 1. The first-order chi connectivity index (χ1) is 14.7. The van der Waals surface area contributed by atoms with Gasteiger partial charge >= 0.3 is 0 Å². The third kappa shape index (κ3) is 3.78. The van der Waals surface area contributed by atoms with E-state index >= 15 is 0 Å². The molecule has 1 aliphatic rings. The molecule has 4 aromatic heterocycles. The Morgan fingerprint density at radius 1 is 1.17 bits per heavy atom. The van der Waals surface area contributed by atoms with Crippen LogP contribution in [-0.2, 0) is 0 Å². The number of nitrogens with one attached hydrogen (secondary N) is 2. The molecule has 5 rings (SSSR count). The van der Waals surface area contributed by atoms with E-state index in [9.17, 15) is 0 Å². The van der Waals surface area contributed by atoms with Gasteiger partial charge in [0, 0.05) is 36.6 Å². The van der Waals surface area contributed by atoms with E-state index < -0.39 is 0 Å². The molecule has 0 saturated carbocycles. The van der Waals surface area contributed by atoms with E-state index in [1.807, 2.05) is 43.3 Å². The molecule has 9 nitrogen and oxygen atoms in total. The minimum atomic E-state index is 0.0183. The number of H-pyrrole nitrogens is 1. The molecule has 1 saturated heterocycles. The minimum Gasteiger partial charge on any atom is -0.358 e. The molecule has 152 valence electrons. The van der Waals surface area contributed by atoms with Gasteiger partial charge in [0.15, 0.2) is 11.6 Å². The van der Waals surface area contributed by atoms with E-state index in [2.05, 4.69) is 51.5 Å². The van der Waals surface area contributed by atoms with E-state index in [1.54, 1.807) is 6.20 Å². The van der Waals surface area contributed by atoms with Crippen molar-refractivity contribution < 1.29 is 4.52 Å². The fourth-order valence-corrected chi connectivity index (χ4v) is 3.97. The summed E-state index contributed by atoms with van der Waals surface area (Å²) in [4.78, 5) is 15.8. The van der Waals surface area contributed by atoms with Crippen molar-refractivity contribution >= 4 is 33.5 Å². The van der Waals surface area contributed by atoms with Gasteiger partial charge in [0.2, 0.25) is 5.95 Å². The number of hydrogen-bond acceptors (Lipinski definition) is 8. The summed E-state index contributed by atoms with van der Waals surface area (Å²) in [5, 5.41) is 14.6. The zero-order valence-corrected chi connectivity index (χ0v) is 17.8. The van der Waals surface area contributed by atoms with E-state index in [1.165, 1.54) is 0 Å². The predicted molar refractivity (Wildman–Crippen MR) is 115 cm³/mol. The summed E-state index contributed by atoms with van der Waals surface area (Å²) in [5.41, 5.74) is 2.49. The summed E-state index contributed by atoms with van der Waals surface area (Å²) >= 11 is 3.50. The second-order valence-electron chi connectivity index (χ2n) is 7.12. The van der Waals surface area contributed by atoms with Crippen molar-refractivity contribution in [1.29, 1.82) is 0 Å². The fourth-order valence-electron chi connectivity index (χ4n) is 3.59. The van der Waals surface area contributed by atoms with Gasteiger partial charge in [0.1, 0.15) is 16.1 Å². The van der Waals surface area contributed by atoms with Gasteiger partial charge < -0.3 is 14.7 Å². The highest BCUT2D eigenvalue weighted by atomic mass is 79.9. The van der Waals surface area contributed by atoms with E-state index in [4.69, 9.17) is 9.51 Å². The Hall–Kier alpha value is -3.27. The van der Waals surface area contributed by atoms with Crippen LogP contribution in [0.5, 0.6) is 0 Å². The lowest BCUT2D eigenvalue weighted by molar-refractivity contribution is 0.362. The number of rotatable bonds is 5. The number of halogens is 1. The third-order valence-electron chi connectivity index (χ3n) is 4.94. The van der Waals surface area contributed by atoms with Crippen molar-refractivity contribution in [2.45, 2.75) is 25.8 Å². The number of aromatic amines is 1. The molecule has 5 heterocycles. The van der Waals surface area contributed by atoms with Gasteiger partial charge in [-0.15, -0.1) is 0 Å². The van der Waals surface area contributed by atoms with Crippen molar-refractivity contribution in [3.63, 3.8) is 0 Å². The van der Waals surface area contributed by atoms with Gasteiger partial charge in [0.25, 0.3) is 0 Å². The molecule has 0 aliphatic carbocycles. The van der Waals surface area contributed by atoms with Crippen LogP contribution in [0.4, 0.5) is 17.6 Å². The second kappa shape index (κ2) is 7.86. The Morgan fingerprint density at radius 2 is 2.10 bits per heavy atom. The highest BCUT2D eigenvalue weighted by Crippen LogP contribution is 2.36. The van der Waals surface area contributed by atoms with Gasteiger partial charge in [-0.05, 0) is 47.8 Å². The Labute approximate surface area is 181 Å². The van der Waals surface area contributed by atoms with Crippen LogP contribution in [0.15, 0.2) is 51.7 Å². The number of anilines is 3. The Kier molecular flexibility index (Phi) is 4.91. The summed E-state index contributed by atoms with van der Waals surface area (Å²) in [5.74, 6) is 2.78. The van der Waals surface area contributed by atoms with Gasteiger partial charge in [-0.25, -0.2) is 4.98 Å². The summed E-state index contributed by atoms with van der Waals surface area (Å²) in [6.07, 6.45) is 3.70. The summed E-state index contributed by atoms with van der Waals surface area (Å²) in [7, 11) is 0. The number of aromatic nitrogens is 6. The molecule has 1 fully saturated rings. The van der Waals surface area contributed by atoms with Crippen molar-refractivity contribution in [3.05, 3.63) is 58.7 Å². The first-order valence-corrected chi connectivity index (χ1v) is 10.4. The van der Waals surface area contributed by atoms with Crippen molar-refractivity contribution in [3.8, 4) is 11.4 Å². The van der Waals surface area contributed by atoms with E-state index in [0.717, 1.165) is 42.2 Å². The normalized spacial score (nSPS) is 16.2. The smallest absolute Gasteiger partial charge is 0.229 e. The monoisotopic (exact) mass is 466 g/mol. The largest absolute Gasteiger partial charge is 0.358 e. The Bertz CT molecular complexity index is 1160. The molecule has 1 atom stereocenters. The summed E-state index contributed by atoms with van der Waals surface area (Å²) in [6, 6.07) is 11.4. The molecule has 1 aliphatic heterocycles. The Balaban J connectivity index is 1.42. The van der Waals surface area contributed by atoms with Crippen molar-refractivity contribution in [2.75, 3.05) is 16.8 Å². The lowest BCUT2D eigenvalue weighted by Gasteiger charge is -2.23. The molecule has 0 bridgehead atoms. The molecule has 10 heteroatoms. The van der Waals surface area contributed by atoms with Crippen molar-refractivity contribution in [2.24, 2.45) is 0 Å². The number of aryl methyl sites for hydroxylation is 1. The minimum absolute atomic E-state index is 0.0183. The highest BCUT2D eigenvalue weighted by Gasteiger charge is 2.32. The second-order valence-corrected chi connectivity index (χ2v) is 7.93. The van der Waals surface area contributed by atoms with Crippen LogP contribution in [0.1, 0.15) is 30.3 Å². The lowest BCUT2D eigenvalue weighted by atomic mass is 10.1. The molecule has 0 amide bonds. The maximum absolute atomic E-state index is 5.68. The summed E-state index contributed by atoms with van der Waals surface area (Å²) in [6.45, 7) is 2.78. The molecule has 4 aromatic rings. The highest BCUT2D eigenvalue weighted by molar-refractivity contribution is 9.10. The van der Waals surface area contributed by atoms with Gasteiger partial charge in [-0.1, -0.05) is 11.2 Å². The van der Waals surface area contributed by atoms with Gasteiger partial charge in [0.05, 0.1) is 11.7 Å². The van der Waals surface area contributed by atoms with Gasteiger partial charge in [-0.3, -0.25) is 10.1 Å². The van der Waals surface area contributed by atoms with Crippen LogP contribution >= 0.6 is 15.9 Å². The fraction of sp³-hybridized carbons (Fsp3) is 0.250.